The fraction of sp³-hybridized carbons (Fsp3) is 0.176. The Morgan fingerprint density at radius 1 is 1.05 bits per heavy atom. The number of hydrogen-bond donors (Lipinski definition) is 0. The molecule has 0 saturated heterocycles. The molecular weight excluding hydrogens is 286 g/mol. The number of nitrogens with zero attached hydrogens (tertiary/aromatic N) is 1. The lowest BCUT2D eigenvalue weighted by molar-refractivity contribution is 0.457. The summed E-state index contributed by atoms with van der Waals surface area (Å²) >= 11 is 8.00. The average molecular weight is 302 g/mol. The smallest absolute Gasteiger partial charge is 0.0412 e. The van der Waals surface area contributed by atoms with E-state index >= 15 is 0 Å². The van der Waals surface area contributed by atoms with E-state index in [4.69, 9.17) is 11.6 Å². The zero-order chi connectivity index (χ0) is 14.1. The first kappa shape index (κ1) is 13.7. The second-order valence-corrected chi connectivity index (χ2v) is 6.64. The van der Waals surface area contributed by atoms with Gasteiger partial charge in [-0.05, 0) is 55.1 Å². The number of likely N-dealkylation sites (N-methyl/N-ethyl adjacent to an activating group) is 1. The van der Waals surface area contributed by atoms with Crippen LogP contribution in [0.1, 0.15) is 11.1 Å². The minimum atomic E-state index is 0.791. The van der Waals surface area contributed by atoms with E-state index in [2.05, 4.69) is 61.5 Å². The first-order valence-electron chi connectivity index (χ1n) is 6.57. The fourth-order valence-corrected chi connectivity index (χ4v) is 3.60. The maximum Gasteiger partial charge on any atom is 0.0412 e. The molecule has 0 bridgehead atoms. The quantitative estimate of drug-likeness (QED) is 0.669. The lowest BCUT2D eigenvalue weighted by Crippen LogP contribution is -2.12. The molecule has 0 N–H and O–H groups in total. The van der Waals surface area contributed by atoms with Crippen LogP contribution in [-0.4, -0.2) is 25.5 Å². The maximum absolute atomic E-state index is 6.18. The second-order valence-electron chi connectivity index (χ2n) is 5.12. The minimum Gasteiger partial charge on any atom is -0.306 e. The lowest BCUT2D eigenvalue weighted by atomic mass is 9.96. The summed E-state index contributed by atoms with van der Waals surface area (Å²) in [6, 6.07) is 14.7. The third-order valence-corrected chi connectivity index (χ3v) is 4.68. The summed E-state index contributed by atoms with van der Waals surface area (Å²) in [6.07, 6.45) is 2.29. The van der Waals surface area contributed by atoms with Gasteiger partial charge in [-0.15, -0.1) is 0 Å². The van der Waals surface area contributed by atoms with Gasteiger partial charge in [-0.25, -0.2) is 0 Å². The molecule has 0 atom stereocenters. The zero-order valence-corrected chi connectivity index (χ0v) is 13.1. The summed E-state index contributed by atoms with van der Waals surface area (Å²) in [6.45, 7) is 0.917. The van der Waals surface area contributed by atoms with Crippen molar-refractivity contribution in [2.45, 2.75) is 9.79 Å². The fourth-order valence-electron chi connectivity index (χ4n) is 2.34. The molecule has 1 aliphatic rings. The van der Waals surface area contributed by atoms with Crippen LogP contribution in [0.25, 0.3) is 5.57 Å². The Morgan fingerprint density at radius 2 is 1.80 bits per heavy atom. The van der Waals surface area contributed by atoms with Crippen molar-refractivity contribution < 1.29 is 0 Å². The first-order valence-corrected chi connectivity index (χ1v) is 7.76. The number of hydrogen-bond acceptors (Lipinski definition) is 2. The van der Waals surface area contributed by atoms with Crippen LogP contribution in [0.2, 0.25) is 5.02 Å². The van der Waals surface area contributed by atoms with Gasteiger partial charge in [0.05, 0.1) is 0 Å². The van der Waals surface area contributed by atoms with Crippen LogP contribution in [0.15, 0.2) is 58.3 Å². The first-order chi connectivity index (χ1) is 9.65. The standard InChI is InChI=1S/C17H16ClNS/c1-19(2)10-9-13-14-5-3-4-6-16(14)20-17-8-7-12(18)11-15(13)17/h3-9,11H,10H2,1-2H3/b13-9-. The molecule has 0 fully saturated rings. The van der Waals surface area contributed by atoms with Crippen molar-refractivity contribution in [2.24, 2.45) is 0 Å². The Kier molecular flexibility index (Phi) is 3.88. The molecule has 0 unspecified atom stereocenters. The summed E-state index contributed by atoms with van der Waals surface area (Å²) in [5.74, 6) is 0. The van der Waals surface area contributed by atoms with Crippen molar-refractivity contribution in [1.82, 2.24) is 4.90 Å². The molecule has 0 aromatic heterocycles. The highest BCUT2D eigenvalue weighted by molar-refractivity contribution is 7.99. The minimum absolute atomic E-state index is 0.791. The Balaban J connectivity index is 2.16. The summed E-state index contributed by atoms with van der Waals surface area (Å²) in [4.78, 5) is 4.76. The van der Waals surface area contributed by atoms with Crippen molar-refractivity contribution in [3.63, 3.8) is 0 Å². The molecule has 0 radical (unpaired) electrons. The van der Waals surface area contributed by atoms with E-state index in [0.717, 1.165) is 11.6 Å². The summed E-state index contributed by atoms with van der Waals surface area (Å²) in [5.41, 5.74) is 3.82. The van der Waals surface area contributed by atoms with E-state index in [1.165, 1.54) is 26.5 Å². The summed E-state index contributed by atoms with van der Waals surface area (Å²) in [5, 5.41) is 0.791. The van der Waals surface area contributed by atoms with Crippen molar-refractivity contribution >= 4 is 28.9 Å². The van der Waals surface area contributed by atoms with E-state index < -0.39 is 0 Å². The molecule has 3 heteroatoms. The highest BCUT2D eigenvalue weighted by Crippen LogP contribution is 2.45. The molecule has 0 aliphatic carbocycles. The number of halogens is 1. The monoisotopic (exact) mass is 301 g/mol. The molecule has 1 nitrogen and oxygen atoms in total. The summed E-state index contributed by atoms with van der Waals surface area (Å²) in [7, 11) is 4.17. The van der Waals surface area contributed by atoms with Crippen LogP contribution in [0.3, 0.4) is 0 Å². The van der Waals surface area contributed by atoms with Crippen LogP contribution in [-0.2, 0) is 0 Å². The van der Waals surface area contributed by atoms with Crippen molar-refractivity contribution in [3.8, 4) is 0 Å². The SMILES string of the molecule is CN(C)C/C=C1/c2ccccc2Sc2ccc(Cl)cc21. The van der Waals surface area contributed by atoms with Gasteiger partial charge in [-0.3, -0.25) is 0 Å². The van der Waals surface area contributed by atoms with Gasteiger partial charge >= 0.3 is 0 Å². The van der Waals surface area contributed by atoms with E-state index in [9.17, 15) is 0 Å². The highest BCUT2D eigenvalue weighted by Gasteiger charge is 2.20. The molecule has 102 valence electrons. The largest absolute Gasteiger partial charge is 0.306 e. The molecule has 20 heavy (non-hydrogen) atoms. The van der Waals surface area contributed by atoms with Gasteiger partial charge in [-0.2, -0.15) is 0 Å². The van der Waals surface area contributed by atoms with Gasteiger partial charge in [0, 0.05) is 21.4 Å². The normalized spacial score (nSPS) is 15.3. The molecule has 1 aliphatic heterocycles. The van der Waals surface area contributed by atoms with Gasteiger partial charge in [0.1, 0.15) is 0 Å². The molecule has 2 aromatic rings. The van der Waals surface area contributed by atoms with Crippen molar-refractivity contribution in [1.29, 1.82) is 0 Å². The van der Waals surface area contributed by atoms with Crippen LogP contribution >= 0.6 is 23.4 Å². The zero-order valence-electron chi connectivity index (χ0n) is 11.6. The number of fused-ring (bicyclic) bond motifs is 2. The van der Waals surface area contributed by atoms with Crippen molar-refractivity contribution in [2.75, 3.05) is 20.6 Å². The Bertz CT molecular complexity index is 676. The maximum atomic E-state index is 6.18. The molecule has 0 spiro atoms. The Hall–Kier alpha value is -1.22. The van der Waals surface area contributed by atoms with Crippen LogP contribution < -0.4 is 0 Å². The van der Waals surface area contributed by atoms with E-state index in [0.29, 0.717) is 0 Å². The molecule has 2 aromatic carbocycles. The van der Waals surface area contributed by atoms with Crippen molar-refractivity contribution in [3.05, 3.63) is 64.7 Å². The molecule has 3 rings (SSSR count). The van der Waals surface area contributed by atoms with Gasteiger partial charge in [-0.1, -0.05) is 47.6 Å². The van der Waals surface area contributed by atoms with E-state index in [-0.39, 0.29) is 0 Å². The topological polar surface area (TPSA) is 3.24 Å². The molecule has 0 saturated carbocycles. The van der Waals surface area contributed by atoms with Crippen LogP contribution in [0.5, 0.6) is 0 Å². The Morgan fingerprint density at radius 3 is 2.60 bits per heavy atom. The predicted octanol–water partition coefficient (Wildman–Crippen LogP) is 4.80. The average Bonchev–Trinajstić information content (AvgIpc) is 2.43. The number of benzene rings is 2. The summed E-state index contributed by atoms with van der Waals surface area (Å²) < 4.78 is 0. The van der Waals surface area contributed by atoms with Crippen LogP contribution in [0, 0.1) is 0 Å². The molecular formula is C17H16ClNS. The number of rotatable bonds is 2. The second kappa shape index (κ2) is 5.65. The van der Waals surface area contributed by atoms with Gasteiger partial charge in [0.15, 0.2) is 0 Å². The Labute approximate surface area is 129 Å². The molecule has 0 amide bonds. The van der Waals surface area contributed by atoms with E-state index in [1.807, 2.05) is 17.8 Å². The molecule has 1 heterocycles. The highest BCUT2D eigenvalue weighted by atomic mass is 35.5. The van der Waals surface area contributed by atoms with Crippen LogP contribution in [0.4, 0.5) is 0 Å². The van der Waals surface area contributed by atoms with E-state index in [1.54, 1.807) is 0 Å². The van der Waals surface area contributed by atoms with Gasteiger partial charge in [0.25, 0.3) is 0 Å². The predicted molar refractivity (Wildman–Crippen MR) is 87.7 cm³/mol. The third-order valence-electron chi connectivity index (χ3n) is 3.29. The van der Waals surface area contributed by atoms with Gasteiger partial charge < -0.3 is 4.90 Å². The third kappa shape index (κ3) is 2.64. The lowest BCUT2D eigenvalue weighted by Gasteiger charge is -2.22. The van der Waals surface area contributed by atoms with Gasteiger partial charge in [0.2, 0.25) is 0 Å².